The van der Waals surface area contributed by atoms with Crippen molar-refractivity contribution >= 4 is 33.8 Å². The molecule has 0 bridgehead atoms. The first kappa shape index (κ1) is 24.0. The normalized spacial score (nSPS) is 24.5. The number of carbonyl (C=O) groups is 1. The zero-order valence-corrected chi connectivity index (χ0v) is 22.9. The molecule has 2 saturated carbocycles. The van der Waals surface area contributed by atoms with Crippen molar-refractivity contribution in [2.75, 3.05) is 23.4 Å². The Morgan fingerprint density at radius 3 is 2.75 bits per heavy atom. The zero-order valence-electron chi connectivity index (χ0n) is 22.0. The second-order valence-electron chi connectivity index (χ2n) is 11.2. The average Bonchev–Trinajstić information content (AvgIpc) is 3.84. The third-order valence-corrected chi connectivity index (χ3v) is 9.68. The van der Waals surface area contributed by atoms with Crippen LogP contribution in [0.5, 0.6) is 0 Å². The zero-order chi connectivity index (χ0) is 26.8. The van der Waals surface area contributed by atoms with Crippen molar-refractivity contribution in [2.24, 2.45) is 4.99 Å². The van der Waals surface area contributed by atoms with Crippen LogP contribution in [0.25, 0.3) is 11.6 Å². The van der Waals surface area contributed by atoms with E-state index in [1.54, 1.807) is 11.3 Å². The van der Waals surface area contributed by atoms with Gasteiger partial charge in [0, 0.05) is 29.5 Å². The fraction of sp³-hybridized carbons (Fsp3) is 0.367. The molecule has 2 aromatic carbocycles. The van der Waals surface area contributed by atoms with E-state index in [1.807, 2.05) is 54.6 Å². The summed E-state index contributed by atoms with van der Waals surface area (Å²) in [6.45, 7) is 3.78. The molecule has 0 unspecified atom stereocenters. The van der Waals surface area contributed by atoms with Crippen molar-refractivity contribution in [1.82, 2.24) is 15.2 Å². The van der Waals surface area contributed by atoms with E-state index in [4.69, 9.17) is 19.1 Å². The molecule has 0 amide bonds. The monoisotopic (exact) mass is 552 g/mol. The van der Waals surface area contributed by atoms with Crippen molar-refractivity contribution in [1.29, 1.82) is 0 Å². The minimum Gasteiger partial charge on any atom is -0.402 e. The summed E-state index contributed by atoms with van der Waals surface area (Å²) in [5.74, 6) is 0.286. The molecule has 0 spiro atoms. The molecule has 1 N–H and O–H groups in total. The summed E-state index contributed by atoms with van der Waals surface area (Å²) in [5, 5.41) is 14.0. The summed E-state index contributed by atoms with van der Waals surface area (Å²) in [6, 6.07) is 18.4. The van der Waals surface area contributed by atoms with Crippen LogP contribution in [0, 0.1) is 0 Å². The van der Waals surface area contributed by atoms with Crippen LogP contribution in [0.2, 0.25) is 0 Å². The summed E-state index contributed by atoms with van der Waals surface area (Å²) >= 11 is 1.73. The Labute approximate surface area is 235 Å². The van der Waals surface area contributed by atoms with Gasteiger partial charge < -0.3 is 19.4 Å². The molecular formula is C30H28N6O3S. The average molecular weight is 553 g/mol. The lowest BCUT2D eigenvalue weighted by Crippen LogP contribution is -2.36. The number of aliphatic imine (C=N–C) groups is 1. The number of hydrogen-bond donors (Lipinski definition) is 1. The van der Waals surface area contributed by atoms with Gasteiger partial charge in [0.1, 0.15) is 10.0 Å². The third-order valence-electron chi connectivity index (χ3n) is 8.29. The summed E-state index contributed by atoms with van der Waals surface area (Å²) in [7, 11) is 0. The van der Waals surface area contributed by atoms with Gasteiger partial charge in [-0.25, -0.2) is 4.98 Å². The first-order chi connectivity index (χ1) is 19.6. The van der Waals surface area contributed by atoms with Crippen molar-refractivity contribution in [3.63, 3.8) is 0 Å². The number of nitrogens with one attached hydrogen (secondary N) is 1. The second-order valence-corrected chi connectivity index (χ2v) is 12.2. The molecule has 10 heteroatoms. The molecule has 4 heterocycles. The van der Waals surface area contributed by atoms with E-state index in [-0.39, 0.29) is 23.6 Å². The minimum atomic E-state index is -0.863. The van der Waals surface area contributed by atoms with E-state index < -0.39 is 6.17 Å². The maximum Gasteiger partial charge on any atom is 0.317 e. The van der Waals surface area contributed by atoms with Crippen LogP contribution in [0.15, 0.2) is 64.0 Å². The van der Waals surface area contributed by atoms with E-state index >= 15 is 0 Å². The highest BCUT2D eigenvalue weighted by atomic mass is 32.1. The summed E-state index contributed by atoms with van der Waals surface area (Å²) in [5.41, 5.74) is 4.44. The molecule has 0 radical (unpaired) electrons. The Bertz CT molecular complexity index is 1640. The fourth-order valence-corrected chi connectivity index (χ4v) is 6.93. The highest BCUT2D eigenvalue weighted by Gasteiger charge is 2.49. The van der Waals surface area contributed by atoms with Gasteiger partial charge in [0.05, 0.1) is 24.5 Å². The molecule has 1 saturated heterocycles. The predicted octanol–water partition coefficient (Wildman–Crippen LogP) is 4.62. The molecule has 8 rings (SSSR count). The number of ether oxygens (including phenoxy) is 1. The lowest BCUT2D eigenvalue weighted by molar-refractivity contribution is -0.119. The third kappa shape index (κ3) is 4.13. The SMILES string of the molecule is CC1(c2nc(-c3nnc(N[C@H]4N=C(c5ccccc5)c5ccccc5CC4=O)o3)c(N3CCO[C@H]4C[C@H]43)s2)CC1. The number of ketones is 1. The maximum atomic E-state index is 13.4. The van der Waals surface area contributed by atoms with E-state index in [1.165, 1.54) is 0 Å². The number of anilines is 2. The molecule has 2 aliphatic carbocycles. The van der Waals surface area contributed by atoms with Gasteiger partial charge in [-0.15, -0.1) is 16.4 Å². The number of aromatic nitrogens is 3. The molecule has 202 valence electrons. The number of benzene rings is 2. The molecule has 4 aliphatic rings. The molecule has 9 nitrogen and oxygen atoms in total. The van der Waals surface area contributed by atoms with Gasteiger partial charge in [0.15, 0.2) is 17.6 Å². The van der Waals surface area contributed by atoms with Crippen LogP contribution in [0.4, 0.5) is 11.0 Å². The largest absolute Gasteiger partial charge is 0.402 e. The van der Waals surface area contributed by atoms with Crippen molar-refractivity contribution < 1.29 is 13.9 Å². The maximum absolute atomic E-state index is 13.4. The number of carbonyl (C=O) groups excluding carboxylic acids is 1. The van der Waals surface area contributed by atoms with Gasteiger partial charge in [-0.2, -0.15) is 0 Å². The number of fused-ring (bicyclic) bond motifs is 2. The fourth-order valence-electron chi connectivity index (χ4n) is 5.59. The van der Waals surface area contributed by atoms with Crippen LogP contribution < -0.4 is 10.2 Å². The molecule has 4 aromatic rings. The lowest BCUT2D eigenvalue weighted by atomic mass is 9.96. The van der Waals surface area contributed by atoms with Gasteiger partial charge >= 0.3 is 6.01 Å². The van der Waals surface area contributed by atoms with Crippen molar-refractivity contribution in [3.05, 3.63) is 76.3 Å². The number of Topliss-reactive ketones (excluding diaryl/α,β-unsaturated/α-hetero) is 1. The molecule has 2 aliphatic heterocycles. The van der Waals surface area contributed by atoms with E-state index in [9.17, 15) is 4.79 Å². The molecule has 40 heavy (non-hydrogen) atoms. The highest BCUT2D eigenvalue weighted by Crippen LogP contribution is 2.53. The molecule has 3 atom stereocenters. The first-order valence-corrected chi connectivity index (χ1v) is 14.6. The van der Waals surface area contributed by atoms with E-state index in [0.717, 1.165) is 58.2 Å². The van der Waals surface area contributed by atoms with Crippen LogP contribution in [0.1, 0.15) is 47.9 Å². The Morgan fingerprint density at radius 2 is 1.90 bits per heavy atom. The van der Waals surface area contributed by atoms with Crippen molar-refractivity contribution in [2.45, 2.75) is 56.3 Å². The Kier molecular flexibility index (Phi) is 5.43. The standard InChI is InChI=1S/C30H28N6O3S/c1-30(11-12-30)28-32-24(27(40-28)36-13-14-38-22-16-20(22)36)26-34-35-29(39-26)33-25-21(37)15-18-9-5-6-10-19(18)23(31-25)17-7-3-2-4-8-17/h2-10,20,22,25H,11-16H2,1H3,(H,33,35)/t20-,22+,25-/m1/s1. The Morgan fingerprint density at radius 1 is 1.07 bits per heavy atom. The number of nitrogens with zero attached hydrogens (tertiary/aromatic N) is 5. The van der Waals surface area contributed by atoms with Gasteiger partial charge in [-0.05, 0) is 24.8 Å². The van der Waals surface area contributed by atoms with Gasteiger partial charge in [0.25, 0.3) is 5.89 Å². The molecule has 2 aromatic heterocycles. The molecule has 3 fully saturated rings. The smallest absolute Gasteiger partial charge is 0.317 e. The van der Waals surface area contributed by atoms with Crippen LogP contribution in [-0.2, 0) is 21.4 Å². The summed E-state index contributed by atoms with van der Waals surface area (Å²) in [4.78, 5) is 25.7. The van der Waals surface area contributed by atoms with Gasteiger partial charge in [-0.3, -0.25) is 9.79 Å². The quantitative estimate of drug-likeness (QED) is 0.369. The van der Waals surface area contributed by atoms with E-state index in [2.05, 4.69) is 27.3 Å². The number of rotatable bonds is 6. The van der Waals surface area contributed by atoms with E-state index in [0.29, 0.717) is 30.3 Å². The Balaban J connectivity index is 1.13. The van der Waals surface area contributed by atoms with Gasteiger partial charge in [0.2, 0.25) is 0 Å². The van der Waals surface area contributed by atoms with Crippen molar-refractivity contribution in [3.8, 4) is 11.6 Å². The number of thiazole rings is 1. The van der Waals surface area contributed by atoms with Crippen LogP contribution in [0.3, 0.4) is 0 Å². The van der Waals surface area contributed by atoms with Crippen LogP contribution in [-0.4, -0.2) is 58.1 Å². The summed E-state index contributed by atoms with van der Waals surface area (Å²) in [6.07, 6.45) is 3.00. The van der Waals surface area contributed by atoms with Crippen LogP contribution >= 0.6 is 11.3 Å². The number of hydrogen-bond acceptors (Lipinski definition) is 10. The van der Waals surface area contributed by atoms with Gasteiger partial charge in [-0.1, -0.05) is 66.6 Å². The first-order valence-electron chi connectivity index (χ1n) is 13.8. The second kappa shape index (κ2) is 9.07. The molecular weight excluding hydrogens is 524 g/mol. The highest BCUT2D eigenvalue weighted by molar-refractivity contribution is 7.16. The minimum absolute atomic E-state index is 0.0653. The summed E-state index contributed by atoms with van der Waals surface area (Å²) < 4.78 is 12.0. The predicted molar refractivity (Wildman–Crippen MR) is 152 cm³/mol. The topological polar surface area (TPSA) is 106 Å². The Hall–Kier alpha value is -3.89. The number of morpholine rings is 1. The lowest BCUT2D eigenvalue weighted by Gasteiger charge is -2.27.